The summed E-state index contributed by atoms with van der Waals surface area (Å²) in [6.07, 6.45) is 0. The molecule has 0 aliphatic heterocycles. The maximum Gasteiger partial charge on any atom is 0.0646 e. The Labute approximate surface area is 109 Å². The van der Waals surface area contributed by atoms with E-state index >= 15 is 0 Å². The summed E-state index contributed by atoms with van der Waals surface area (Å²) < 4.78 is 1.27. The van der Waals surface area contributed by atoms with Gasteiger partial charge in [0.2, 0.25) is 0 Å². The number of nitrogens with two attached hydrogens (primary N) is 1. The smallest absolute Gasteiger partial charge is 0.0646 e. The molecule has 0 saturated carbocycles. The molecule has 2 N–H and O–H groups in total. The van der Waals surface area contributed by atoms with E-state index in [1.807, 2.05) is 25.1 Å². The van der Waals surface area contributed by atoms with E-state index in [9.17, 15) is 0 Å². The molecule has 0 spiro atoms. The normalized spacial score (nSPS) is 12.7. The third-order valence-corrected chi connectivity index (χ3v) is 4.53. The number of benzene rings is 1. The van der Waals surface area contributed by atoms with Crippen LogP contribution in [0.4, 0.5) is 0 Å². The molecule has 0 bridgehead atoms. The van der Waals surface area contributed by atoms with Crippen molar-refractivity contribution < 1.29 is 0 Å². The Bertz CT molecular complexity index is 466. The molecule has 2 rings (SSSR count). The van der Waals surface area contributed by atoms with Crippen molar-refractivity contribution in [3.05, 3.63) is 46.3 Å². The van der Waals surface area contributed by atoms with Gasteiger partial charge in [0.15, 0.2) is 0 Å². The lowest BCUT2D eigenvalue weighted by molar-refractivity contribution is 0.817. The molecule has 1 nitrogen and oxygen atoms in total. The lowest BCUT2D eigenvalue weighted by atomic mass is 10.1. The van der Waals surface area contributed by atoms with Crippen molar-refractivity contribution in [1.82, 2.24) is 0 Å². The third kappa shape index (κ3) is 2.80. The lowest BCUT2D eigenvalue weighted by Gasteiger charge is -2.09. The van der Waals surface area contributed by atoms with E-state index in [1.54, 1.807) is 23.1 Å². The second-order valence-electron chi connectivity index (χ2n) is 3.51. The molecule has 0 amide bonds. The van der Waals surface area contributed by atoms with Crippen LogP contribution in [-0.2, 0) is 0 Å². The van der Waals surface area contributed by atoms with Crippen LogP contribution in [0.15, 0.2) is 44.8 Å². The molecule has 84 valence electrons. The van der Waals surface area contributed by atoms with Gasteiger partial charge in [-0.05, 0) is 36.1 Å². The van der Waals surface area contributed by atoms with E-state index in [4.69, 9.17) is 17.3 Å². The van der Waals surface area contributed by atoms with E-state index in [0.29, 0.717) is 0 Å². The van der Waals surface area contributed by atoms with Crippen molar-refractivity contribution in [2.24, 2.45) is 5.73 Å². The Hall–Kier alpha value is -0.480. The van der Waals surface area contributed by atoms with Crippen LogP contribution in [0.2, 0.25) is 5.02 Å². The van der Waals surface area contributed by atoms with Gasteiger partial charge in [-0.3, -0.25) is 0 Å². The largest absolute Gasteiger partial charge is 0.324 e. The highest BCUT2D eigenvalue weighted by molar-refractivity contribution is 8.01. The standard InChI is InChI=1S/C12H12ClNS2/c1-8(14)10-5-4-9(7-11(10)13)16-12-3-2-6-15-12/h2-8H,14H2,1H3. The molecule has 0 saturated heterocycles. The van der Waals surface area contributed by atoms with E-state index in [-0.39, 0.29) is 6.04 Å². The van der Waals surface area contributed by atoms with Gasteiger partial charge in [0, 0.05) is 16.0 Å². The fraction of sp³-hybridized carbons (Fsp3) is 0.167. The van der Waals surface area contributed by atoms with Gasteiger partial charge < -0.3 is 5.73 Å². The first-order valence-electron chi connectivity index (χ1n) is 4.93. The first-order chi connectivity index (χ1) is 7.66. The Balaban J connectivity index is 2.21. The van der Waals surface area contributed by atoms with Gasteiger partial charge in [0.25, 0.3) is 0 Å². The van der Waals surface area contributed by atoms with Crippen LogP contribution in [0.25, 0.3) is 0 Å². The van der Waals surface area contributed by atoms with Gasteiger partial charge in [-0.25, -0.2) is 0 Å². The molecule has 1 atom stereocenters. The summed E-state index contributed by atoms with van der Waals surface area (Å²) in [5.41, 5.74) is 6.81. The summed E-state index contributed by atoms with van der Waals surface area (Å²) in [4.78, 5) is 1.15. The molecule has 0 aliphatic carbocycles. The molecular weight excluding hydrogens is 258 g/mol. The number of halogens is 1. The van der Waals surface area contributed by atoms with Crippen LogP contribution < -0.4 is 5.73 Å². The minimum absolute atomic E-state index is 0.0201. The SMILES string of the molecule is CC(N)c1ccc(Sc2cccs2)cc1Cl. The fourth-order valence-electron chi connectivity index (χ4n) is 1.38. The van der Waals surface area contributed by atoms with Crippen LogP contribution >= 0.6 is 34.7 Å². The molecule has 2 aromatic rings. The molecule has 1 aromatic carbocycles. The lowest BCUT2D eigenvalue weighted by Crippen LogP contribution is -2.05. The molecule has 4 heteroatoms. The summed E-state index contributed by atoms with van der Waals surface area (Å²) >= 11 is 9.63. The first-order valence-corrected chi connectivity index (χ1v) is 7.00. The summed E-state index contributed by atoms with van der Waals surface area (Å²) in [5.74, 6) is 0. The number of rotatable bonds is 3. The minimum Gasteiger partial charge on any atom is -0.324 e. The third-order valence-electron chi connectivity index (χ3n) is 2.18. The summed E-state index contributed by atoms with van der Waals surface area (Å²) in [6, 6.07) is 10.2. The fourth-order valence-corrected chi connectivity index (χ4v) is 3.58. The van der Waals surface area contributed by atoms with Crippen LogP contribution in [0.5, 0.6) is 0 Å². The Morgan fingerprint density at radius 1 is 1.38 bits per heavy atom. The molecule has 1 heterocycles. The van der Waals surface area contributed by atoms with Crippen molar-refractivity contribution in [1.29, 1.82) is 0 Å². The molecule has 0 radical (unpaired) electrons. The maximum absolute atomic E-state index is 6.17. The predicted octanol–water partition coefficient (Wildman–Crippen LogP) is 4.57. The highest BCUT2D eigenvalue weighted by atomic mass is 35.5. The average Bonchev–Trinajstić information content (AvgIpc) is 2.70. The summed E-state index contributed by atoms with van der Waals surface area (Å²) in [6.45, 7) is 1.94. The second-order valence-corrected chi connectivity index (χ2v) is 6.23. The van der Waals surface area contributed by atoms with Crippen LogP contribution in [0, 0.1) is 0 Å². The van der Waals surface area contributed by atoms with E-state index in [1.165, 1.54) is 4.21 Å². The Morgan fingerprint density at radius 3 is 2.75 bits per heavy atom. The highest BCUT2D eigenvalue weighted by Crippen LogP contribution is 2.34. The van der Waals surface area contributed by atoms with Gasteiger partial charge in [0.1, 0.15) is 0 Å². The molecule has 16 heavy (non-hydrogen) atoms. The Morgan fingerprint density at radius 2 is 2.19 bits per heavy atom. The zero-order valence-corrected chi connectivity index (χ0v) is 11.2. The van der Waals surface area contributed by atoms with Crippen molar-refractivity contribution in [3.63, 3.8) is 0 Å². The van der Waals surface area contributed by atoms with Crippen molar-refractivity contribution in [2.45, 2.75) is 22.1 Å². The minimum atomic E-state index is -0.0201. The number of hydrogen-bond acceptors (Lipinski definition) is 3. The molecule has 0 aliphatic rings. The first kappa shape index (κ1) is 12.0. The zero-order chi connectivity index (χ0) is 11.5. The second kappa shape index (κ2) is 5.23. The van der Waals surface area contributed by atoms with Gasteiger partial charge in [-0.1, -0.05) is 35.5 Å². The van der Waals surface area contributed by atoms with Crippen LogP contribution in [0.1, 0.15) is 18.5 Å². The van der Waals surface area contributed by atoms with Crippen molar-refractivity contribution >= 4 is 34.7 Å². The van der Waals surface area contributed by atoms with Gasteiger partial charge in [-0.2, -0.15) is 0 Å². The van der Waals surface area contributed by atoms with Gasteiger partial charge >= 0.3 is 0 Å². The quantitative estimate of drug-likeness (QED) is 0.883. The van der Waals surface area contributed by atoms with Crippen molar-refractivity contribution in [2.75, 3.05) is 0 Å². The topological polar surface area (TPSA) is 26.0 Å². The molecule has 1 aromatic heterocycles. The molecule has 0 fully saturated rings. The van der Waals surface area contributed by atoms with E-state index < -0.39 is 0 Å². The summed E-state index contributed by atoms with van der Waals surface area (Å²) in [5, 5.41) is 2.82. The average molecular weight is 270 g/mol. The molecule has 1 unspecified atom stereocenters. The van der Waals surface area contributed by atoms with Crippen molar-refractivity contribution in [3.8, 4) is 0 Å². The predicted molar refractivity (Wildman–Crippen MR) is 72.5 cm³/mol. The number of thiophene rings is 1. The van der Waals surface area contributed by atoms with Crippen LogP contribution in [0.3, 0.4) is 0 Å². The summed E-state index contributed by atoms with van der Waals surface area (Å²) in [7, 11) is 0. The maximum atomic E-state index is 6.17. The Kier molecular flexibility index (Phi) is 3.92. The molecular formula is C12H12ClNS2. The number of hydrogen-bond donors (Lipinski definition) is 1. The van der Waals surface area contributed by atoms with Crippen LogP contribution in [-0.4, -0.2) is 0 Å². The van der Waals surface area contributed by atoms with Gasteiger partial charge in [0.05, 0.1) is 4.21 Å². The van der Waals surface area contributed by atoms with Gasteiger partial charge in [-0.15, -0.1) is 11.3 Å². The highest BCUT2D eigenvalue weighted by Gasteiger charge is 2.07. The monoisotopic (exact) mass is 269 g/mol. The van der Waals surface area contributed by atoms with E-state index in [0.717, 1.165) is 15.5 Å². The van der Waals surface area contributed by atoms with E-state index in [2.05, 4.69) is 17.5 Å². The zero-order valence-electron chi connectivity index (χ0n) is 8.81.